The Kier molecular flexibility index (Phi) is 3.96. The van der Waals surface area contributed by atoms with Gasteiger partial charge in [0, 0.05) is 18.9 Å². The summed E-state index contributed by atoms with van der Waals surface area (Å²) in [6.45, 7) is 2.55. The fourth-order valence-electron chi connectivity index (χ4n) is 0.959. The van der Waals surface area contributed by atoms with Gasteiger partial charge < -0.3 is 5.32 Å². The van der Waals surface area contributed by atoms with E-state index >= 15 is 0 Å². The number of aryl methyl sites for hydroxylation is 1. The quantitative estimate of drug-likeness (QED) is 0.506. The summed E-state index contributed by atoms with van der Waals surface area (Å²) in [5, 5.41) is 7.20. The number of rotatable bonds is 5. The van der Waals surface area contributed by atoms with Crippen molar-refractivity contribution in [2.75, 3.05) is 13.1 Å². The van der Waals surface area contributed by atoms with Gasteiger partial charge in [-0.1, -0.05) is 5.92 Å². The highest BCUT2D eigenvalue weighted by Gasteiger charge is 1.89. The fraction of sp³-hybridized carbons (Fsp3) is 0.444. The van der Waals surface area contributed by atoms with E-state index < -0.39 is 0 Å². The van der Waals surface area contributed by atoms with E-state index in [4.69, 9.17) is 6.42 Å². The third-order valence-electron chi connectivity index (χ3n) is 1.53. The smallest absolute Gasteiger partial charge is 0.0573 e. The van der Waals surface area contributed by atoms with Crippen LogP contribution in [0.2, 0.25) is 0 Å². The molecule has 1 rings (SSSR count). The number of aromatic nitrogens is 2. The molecule has 0 atom stereocenters. The van der Waals surface area contributed by atoms with Crippen LogP contribution in [-0.4, -0.2) is 22.9 Å². The maximum absolute atomic E-state index is 5.08. The third-order valence-corrected chi connectivity index (χ3v) is 1.53. The predicted octanol–water partition coefficient (Wildman–Crippen LogP) is 0.496. The first-order chi connectivity index (χ1) is 5.93. The van der Waals surface area contributed by atoms with E-state index in [0.29, 0.717) is 6.54 Å². The van der Waals surface area contributed by atoms with Gasteiger partial charge in [-0.05, 0) is 19.0 Å². The minimum Gasteiger partial charge on any atom is -0.306 e. The number of nitrogens with zero attached hydrogens (tertiary/aromatic N) is 2. The molecule has 1 N–H and O–H groups in total. The summed E-state index contributed by atoms with van der Waals surface area (Å²) in [5.74, 6) is 2.53. The lowest BCUT2D eigenvalue weighted by Gasteiger charge is -2.00. The Morgan fingerprint density at radius 2 is 2.50 bits per heavy atom. The molecule has 0 saturated carbocycles. The van der Waals surface area contributed by atoms with Crippen molar-refractivity contribution >= 4 is 0 Å². The molecule has 0 spiro atoms. The average Bonchev–Trinajstić information content (AvgIpc) is 2.57. The molecule has 1 aromatic rings. The van der Waals surface area contributed by atoms with Gasteiger partial charge in [-0.25, -0.2) is 0 Å². The highest BCUT2D eigenvalue weighted by Crippen LogP contribution is 1.87. The molecule has 0 fully saturated rings. The van der Waals surface area contributed by atoms with Crippen LogP contribution >= 0.6 is 0 Å². The van der Waals surface area contributed by atoms with Crippen LogP contribution in [0.1, 0.15) is 6.42 Å². The van der Waals surface area contributed by atoms with Gasteiger partial charge in [-0.3, -0.25) is 4.68 Å². The molecular formula is C9H13N3. The fourth-order valence-corrected chi connectivity index (χ4v) is 0.959. The van der Waals surface area contributed by atoms with Crippen molar-refractivity contribution in [3.8, 4) is 12.3 Å². The zero-order chi connectivity index (χ0) is 8.65. The molecule has 0 unspecified atom stereocenters. The van der Waals surface area contributed by atoms with Crippen LogP contribution in [-0.2, 0) is 6.54 Å². The summed E-state index contributed by atoms with van der Waals surface area (Å²) >= 11 is 0. The molecule has 12 heavy (non-hydrogen) atoms. The Hall–Kier alpha value is -1.27. The molecule has 3 heteroatoms. The summed E-state index contributed by atoms with van der Waals surface area (Å²) in [7, 11) is 0. The standard InChI is InChI=1S/C9H13N3/c1-2-5-10-6-3-8-12-9-4-7-11-12/h1,4,7,9-10H,3,5-6,8H2. The second-order valence-electron chi connectivity index (χ2n) is 2.50. The van der Waals surface area contributed by atoms with E-state index in [2.05, 4.69) is 16.3 Å². The second kappa shape index (κ2) is 5.39. The molecule has 64 valence electrons. The van der Waals surface area contributed by atoms with Gasteiger partial charge in [-0.15, -0.1) is 6.42 Å². The number of hydrogen-bond donors (Lipinski definition) is 1. The summed E-state index contributed by atoms with van der Waals surface area (Å²) < 4.78 is 1.91. The van der Waals surface area contributed by atoms with Crippen LogP contribution in [0.3, 0.4) is 0 Å². The number of nitrogens with one attached hydrogen (secondary N) is 1. The highest BCUT2D eigenvalue weighted by atomic mass is 15.3. The van der Waals surface area contributed by atoms with E-state index in [-0.39, 0.29) is 0 Å². The molecule has 1 heterocycles. The lowest BCUT2D eigenvalue weighted by molar-refractivity contribution is 0.556. The van der Waals surface area contributed by atoms with E-state index in [1.165, 1.54) is 0 Å². The molecular weight excluding hydrogens is 150 g/mol. The van der Waals surface area contributed by atoms with Crippen molar-refractivity contribution in [1.82, 2.24) is 15.1 Å². The first-order valence-electron chi connectivity index (χ1n) is 4.05. The first kappa shape index (κ1) is 8.82. The Labute approximate surface area is 72.8 Å². The molecule has 0 bridgehead atoms. The molecule has 3 nitrogen and oxygen atoms in total. The van der Waals surface area contributed by atoms with E-state index in [0.717, 1.165) is 19.5 Å². The minimum absolute atomic E-state index is 0.652. The Morgan fingerprint density at radius 3 is 3.17 bits per heavy atom. The molecule has 0 aromatic carbocycles. The molecule has 1 aromatic heterocycles. The number of terminal acetylenes is 1. The van der Waals surface area contributed by atoms with Crippen LogP contribution in [0.4, 0.5) is 0 Å². The molecule has 0 amide bonds. The SMILES string of the molecule is C#CCNCCCn1cccn1. The Bertz CT molecular complexity index is 233. The van der Waals surface area contributed by atoms with Crippen molar-refractivity contribution < 1.29 is 0 Å². The highest BCUT2D eigenvalue weighted by molar-refractivity contribution is 4.86. The summed E-state index contributed by atoms with van der Waals surface area (Å²) in [5.41, 5.74) is 0. The Morgan fingerprint density at radius 1 is 1.58 bits per heavy atom. The number of hydrogen-bond acceptors (Lipinski definition) is 2. The summed E-state index contributed by atoms with van der Waals surface area (Å²) in [6.07, 6.45) is 9.88. The van der Waals surface area contributed by atoms with Crippen molar-refractivity contribution in [2.24, 2.45) is 0 Å². The topological polar surface area (TPSA) is 29.9 Å². The summed E-state index contributed by atoms with van der Waals surface area (Å²) in [6, 6.07) is 1.93. The maximum atomic E-state index is 5.08. The lowest BCUT2D eigenvalue weighted by Crippen LogP contribution is -2.17. The molecule has 0 aliphatic carbocycles. The van der Waals surface area contributed by atoms with Gasteiger partial charge >= 0.3 is 0 Å². The monoisotopic (exact) mass is 163 g/mol. The minimum atomic E-state index is 0.652. The molecule has 0 aliphatic rings. The van der Waals surface area contributed by atoms with Crippen molar-refractivity contribution in [3.05, 3.63) is 18.5 Å². The van der Waals surface area contributed by atoms with Crippen molar-refractivity contribution in [1.29, 1.82) is 0 Å². The summed E-state index contributed by atoms with van der Waals surface area (Å²) in [4.78, 5) is 0. The van der Waals surface area contributed by atoms with Gasteiger partial charge in [0.05, 0.1) is 6.54 Å². The maximum Gasteiger partial charge on any atom is 0.0573 e. The van der Waals surface area contributed by atoms with Gasteiger partial charge in [0.25, 0.3) is 0 Å². The average molecular weight is 163 g/mol. The van der Waals surface area contributed by atoms with E-state index in [1.54, 1.807) is 6.20 Å². The first-order valence-corrected chi connectivity index (χ1v) is 4.05. The second-order valence-corrected chi connectivity index (χ2v) is 2.50. The van der Waals surface area contributed by atoms with E-state index in [9.17, 15) is 0 Å². The zero-order valence-corrected chi connectivity index (χ0v) is 7.03. The molecule has 0 aliphatic heterocycles. The lowest BCUT2D eigenvalue weighted by atomic mass is 10.4. The zero-order valence-electron chi connectivity index (χ0n) is 7.03. The van der Waals surface area contributed by atoms with Gasteiger partial charge in [0.2, 0.25) is 0 Å². The van der Waals surface area contributed by atoms with Crippen LogP contribution in [0.15, 0.2) is 18.5 Å². The van der Waals surface area contributed by atoms with Gasteiger partial charge in [0.15, 0.2) is 0 Å². The van der Waals surface area contributed by atoms with Crippen LogP contribution < -0.4 is 5.32 Å². The largest absolute Gasteiger partial charge is 0.306 e. The van der Waals surface area contributed by atoms with Crippen LogP contribution in [0.5, 0.6) is 0 Å². The van der Waals surface area contributed by atoms with E-state index in [1.807, 2.05) is 16.9 Å². The Balaban J connectivity index is 2.01. The van der Waals surface area contributed by atoms with Gasteiger partial charge in [0.1, 0.15) is 0 Å². The molecule has 0 radical (unpaired) electrons. The molecule has 0 saturated heterocycles. The third kappa shape index (κ3) is 3.22. The van der Waals surface area contributed by atoms with Crippen LogP contribution in [0, 0.1) is 12.3 Å². The van der Waals surface area contributed by atoms with Crippen LogP contribution in [0.25, 0.3) is 0 Å². The van der Waals surface area contributed by atoms with Crippen molar-refractivity contribution in [2.45, 2.75) is 13.0 Å². The normalized spacial score (nSPS) is 9.58. The predicted molar refractivity (Wildman–Crippen MR) is 48.5 cm³/mol. The van der Waals surface area contributed by atoms with Crippen molar-refractivity contribution in [3.63, 3.8) is 0 Å². The van der Waals surface area contributed by atoms with Gasteiger partial charge in [-0.2, -0.15) is 5.10 Å².